The molecule has 3 aromatic rings. The number of nitrogens with one attached hydrogen (secondary N) is 1. The van der Waals surface area contributed by atoms with Crippen molar-refractivity contribution >= 4 is 11.6 Å². The molecule has 6 heteroatoms. The summed E-state index contributed by atoms with van der Waals surface area (Å²) in [4.78, 5) is 24.4. The Kier molecular flexibility index (Phi) is 5.12. The highest BCUT2D eigenvalue weighted by molar-refractivity contribution is 5.91. The fourth-order valence-electron chi connectivity index (χ4n) is 2.54. The zero-order valence-corrected chi connectivity index (χ0v) is 14.6. The molecule has 1 N–H and O–H groups in total. The molecule has 0 spiro atoms. The van der Waals surface area contributed by atoms with Crippen molar-refractivity contribution in [1.82, 2.24) is 9.78 Å². The lowest BCUT2D eigenvalue weighted by molar-refractivity contribution is -0.117. The number of amides is 1. The number of carbonyl (C=O) groups excluding carboxylic acids is 1. The summed E-state index contributed by atoms with van der Waals surface area (Å²) in [6.45, 7) is 1.74. The van der Waals surface area contributed by atoms with Gasteiger partial charge < -0.3 is 10.1 Å². The van der Waals surface area contributed by atoms with Gasteiger partial charge in [0, 0.05) is 17.3 Å². The van der Waals surface area contributed by atoms with Crippen LogP contribution in [-0.2, 0) is 11.3 Å². The van der Waals surface area contributed by atoms with E-state index in [1.807, 2.05) is 55.5 Å². The lowest BCUT2D eigenvalue weighted by Gasteiger charge is -2.10. The van der Waals surface area contributed by atoms with Crippen LogP contribution in [0, 0.1) is 6.92 Å². The normalized spacial score (nSPS) is 10.4. The Morgan fingerprint density at radius 2 is 1.92 bits per heavy atom. The van der Waals surface area contributed by atoms with Gasteiger partial charge in [-0.05, 0) is 36.8 Å². The van der Waals surface area contributed by atoms with Crippen LogP contribution in [0.2, 0.25) is 0 Å². The Morgan fingerprint density at radius 1 is 1.12 bits per heavy atom. The van der Waals surface area contributed by atoms with Crippen LogP contribution in [0.1, 0.15) is 5.56 Å². The molecule has 1 aromatic heterocycles. The summed E-state index contributed by atoms with van der Waals surface area (Å²) in [5, 5.41) is 7.11. The van der Waals surface area contributed by atoms with Gasteiger partial charge in [-0.25, -0.2) is 4.68 Å². The standard InChI is InChI=1S/C20H19N3O3/c1-14-6-3-4-9-17(14)21-19(24)13-23-20(25)11-10-18(22-23)15-7-5-8-16(12-15)26-2/h3-12H,13H2,1-2H3,(H,21,24). The zero-order valence-electron chi connectivity index (χ0n) is 14.6. The molecule has 1 heterocycles. The van der Waals surface area contributed by atoms with Crippen LogP contribution in [0.3, 0.4) is 0 Å². The lowest BCUT2D eigenvalue weighted by atomic mass is 10.1. The Labute approximate surface area is 151 Å². The number of anilines is 1. The quantitative estimate of drug-likeness (QED) is 0.769. The molecular formula is C20H19N3O3. The van der Waals surface area contributed by atoms with Crippen molar-refractivity contribution in [2.45, 2.75) is 13.5 Å². The van der Waals surface area contributed by atoms with Crippen molar-refractivity contribution in [2.75, 3.05) is 12.4 Å². The first kappa shape index (κ1) is 17.4. The van der Waals surface area contributed by atoms with Crippen molar-refractivity contribution in [3.63, 3.8) is 0 Å². The summed E-state index contributed by atoms with van der Waals surface area (Å²) in [7, 11) is 1.59. The van der Waals surface area contributed by atoms with Gasteiger partial charge in [0.2, 0.25) is 5.91 Å². The number of aromatic nitrogens is 2. The summed E-state index contributed by atoms with van der Waals surface area (Å²) >= 11 is 0. The molecule has 0 saturated heterocycles. The van der Waals surface area contributed by atoms with Gasteiger partial charge >= 0.3 is 0 Å². The molecule has 3 rings (SSSR count). The minimum atomic E-state index is -0.337. The fourth-order valence-corrected chi connectivity index (χ4v) is 2.54. The molecular weight excluding hydrogens is 330 g/mol. The number of carbonyl (C=O) groups is 1. The van der Waals surface area contributed by atoms with Gasteiger partial charge in [-0.3, -0.25) is 9.59 Å². The summed E-state index contributed by atoms with van der Waals surface area (Å²) in [6, 6.07) is 17.9. The largest absolute Gasteiger partial charge is 0.497 e. The molecule has 26 heavy (non-hydrogen) atoms. The maximum atomic E-state index is 12.3. The number of aryl methyl sites for hydroxylation is 1. The van der Waals surface area contributed by atoms with Crippen LogP contribution >= 0.6 is 0 Å². The average molecular weight is 349 g/mol. The van der Waals surface area contributed by atoms with Gasteiger partial charge in [0.1, 0.15) is 12.3 Å². The molecule has 2 aromatic carbocycles. The van der Waals surface area contributed by atoms with E-state index in [0.717, 1.165) is 21.5 Å². The van der Waals surface area contributed by atoms with E-state index in [1.165, 1.54) is 6.07 Å². The van der Waals surface area contributed by atoms with Gasteiger partial charge in [0.05, 0.1) is 12.8 Å². The van der Waals surface area contributed by atoms with E-state index in [0.29, 0.717) is 11.4 Å². The van der Waals surface area contributed by atoms with E-state index in [4.69, 9.17) is 4.74 Å². The molecule has 0 aliphatic heterocycles. The molecule has 0 aliphatic rings. The highest BCUT2D eigenvalue weighted by atomic mass is 16.5. The van der Waals surface area contributed by atoms with E-state index in [-0.39, 0.29) is 18.0 Å². The van der Waals surface area contributed by atoms with E-state index in [2.05, 4.69) is 10.4 Å². The minimum absolute atomic E-state index is 0.162. The predicted molar refractivity (Wildman–Crippen MR) is 100 cm³/mol. The van der Waals surface area contributed by atoms with Crippen molar-refractivity contribution in [3.8, 4) is 17.0 Å². The average Bonchev–Trinajstić information content (AvgIpc) is 2.65. The number of methoxy groups -OCH3 is 1. The second-order valence-corrected chi connectivity index (χ2v) is 5.81. The third-order valence-electron chi connectivity index (χ3n) is 3.94. The zero-order chi connectivity index (χ0) is 18.5. The number of para-hydroxylation sites is 1. The Hall–Kier alpha value is -3.41. The van der Waals surface area contributed by atoms with Crippen LogP contribution in [0.4, 0.5) is 5.69 Å². The second kappa shape index (κ2) is 7.65. The second-order valence-electron chi connectivity index (χ2n) is 5.81. The molecule has 0 fully saturated rings. The number of rotatable bonds is 5. The smallest absolute Gasteiger partial charge is 0.267 e. The summed E-state index contributed by atoms with van der Waals surface area (Å²) in [5.41, 5.74) is 2.72. The first-order valence-corrected chi connectivity index (χ1v) is 8.15. The first-order valence-electron chi connectivity index (χ1n) is 8.15. The maximum Gasteiger partial charge on any atom is 0.267 e. The third-order valence-corrected chi connectivity index (χ3v) is 3.94. The fraction of sp³-hybridized carbons (Fsp3) is 0.150. The number of nitrogens with zero attached hydrogens (tertiary/aromatic N) is 2. The minimum Gasteiger partial charge on any atom is -0.497 e. The van der Waals surface area contributed by atoms with Crippen LogP contribution in [0.15, 0.2) is 65.5 Å². The van der Waals surface area contributed by atoms with Crippen LogP contribution in [-0.4, -0.2) is 22.8 Å². The first-order chi connectivity index (χ1) is 12.6. The number of benzene rings is 2. The SMILES string of the molecule is COc1cccc(-c2ccc(=O)n(CC(=O)Nc3ccccc3C)n2)c1. The van der Waals surface area contributed by atoms with E-state index in [1.54, 1.807) is 13.2 Å². The Balaban J connectivity index is 1.83. The highest BCUT2D eigenvalue weighted by Gasteiger charge is 2.10. The van der Waals surface area contributed by atoms with E-state index in [9.17, 15) is 9.59 Å². The summed E-state index contributed by atoms with van der Waals surface area (Å²) in [6.07, 6.45) is 0. The van der Waals surface area contributed by atoms with Crippen LogP contribution < -0.4 is 15.6 Å². The van der Waals surface area contributed by atoms with Gasteiger partial charge in [-0.1, -0.05) is 30.3 Å². The van der Waals surface area contributed by atoms with Gasteiger partial charge in [0.15, 0.2) is 0 Å². The molecule has 132 valence electrons. The van der Waals surface area contributed by atoms with Crippen molar-refractivity contribution in [1.29, 1.82) is 0 Å². The number of hydrogen-bond donors (Lipinski definition) is 1. The highest BCUT2D eigenvalue weighted by Crippen LogP contribution is 2.21. The molecule has 6 nitrogen and oxygen atoms in total. The molecule has 1 amide bonds. The topological polar surface area (TPSA) is 73.2 Å². The van der Waals surface area contributed by atoms with Gasteiger partial charge in [0.25, 0.3) is 5.56 Å². The van der Waals surface area contributed by atoms with Crippen LogP contribution in [0.25, 0.3) is 11.3 Å². The Morgan fingerprint density at radius 3 is 2.69 bits per heavy atom. The molecule has 0 saturated carbocycles. The number of ether oxygens (including phenoxy) is 1. The van der Waals surface area contributed by atoms with Gasteiger partial charge in [-0.2, -0.15) is 5.10 Å². The lowest BCUT2D eigenvalue weighted by Crippen LogP contribution is -2.29. The molecule has 0 bridgehead atoms. The Bertz CT molecular complexity index is 995. The van der Waals surface area contributed by atoms with E-state index < -0.39 is 0 Å². The van der Waals surface area contributed by atoms with Crippen molar-refractivity contribution < 1.29 is 9.53 Å². The molecule has 0 radical (unpaired) electrons. The number of hydrogen-bond acceptors (Lipinski definition) is 4. The summed E-state index contributed by atoms with van der Waals surface area (Å²) < 4.78 is 6.37. The monoisotopic (exact) mass is 349 g/mol. The van der Waals surface area contributed by atoms with Crippen LogP contribution in [0.5, 0.6) is 5.75 Å². The van der Waals surface area contributed by atoms with Crippen molar-refractivity contribution in [2.24, 2.45) is 0 Å². The third kappa shape index (κ3) is 3.97. The van der Waals surface area contributed by atoms with E-state index >= 15 is 0 Å². The van der Waals surface area contributed by atoms with Gasteiger partial charge in [-0.15, -0.1) is 0 Å². The summed E-state index contributed by atoms with van der Waals surface area (Å²) in [5.74, 6) is 0.385. The molecule has 0 unspecified atom stereocenters. The maximum absolute atomic E-state index is 12.3. The molecule has 0 aliphatic carbocycles. The molecule has 0 atom stereocenters. The van der Waals surface area contributed by atoms with Crippen molar-refractivity contribution in [3.05, 3.63) is 76.6 Å². The predicted octanol–water partition coefficient (Wildman–Crippen LogP) is 2.87.